The van der Waals surface area contributed by atoms with Crippen LogP contribution in [0.5, 0.6) is 0 Å². The number of hydrogen-bond donors (Lipinski definition) is 1. The SMILES string of the molecule is COC[C@@H]1CN(C(=O)[C@H](C)N)C[C@@H]1C. The number of likely N-dealkylation sites (tertiary alicyclic amines) is 1. The van der Waals surface area contributed by atoms with Gasteiger partial charge in [0, 0.05) is 26.1 Å². The summed E-state index contributed by atoms with van der Waals surface area (Å²) in [6, 6.07) is -0.386. The molecule has 4 nitrogen and oxygen atoms in total. The minimum Gasteiger partial charge on any atom is -0.384 e. The summed E-state index contributed by atoms with van der Waals surface area (Å²) in [4.78, 5) is 13.4. The van der Waals surface area contributed by atoms with Crippen LogP contribution in [0.2, 0.25) is 0 Å². The van der Waals surface area contributed by atoms with Gasteiger partial charge in [-0.15, -0.1) is 0 Å². The van der Waals surface area contributed by atoms with Crippen LogP contribution in [-0.4, -0.2) is 43.7 Å². The summed E-state index contributed by atoms with van der Waals surface area (Å²) in [6.45, 7) is 6.21. The van der Waals surface area contributed by atoms with E-state index in [0.29, 0.717) is 11.8 Å². The first kappa shape index (κ1) is 11.5. The molecule has 1 aliphatic heterocycles. The van der Waals surface area contributed by atoms with Gasteiger partial charge in [-0.1, -0.05) is 6.92 Å². The summed E-state index contributed by atoms with van der Waals surface area (Å²) in [5.74, 6) is 1.02. The van der Waals surface area contributed by atoms with Crippen LogP contribution in [-0.2, 0) is 9.53 Å². The minimum atomic E-state index is -0.386. The second-order valence-electron chi connectivity index (χ2n) is 4.22. The van der Waals surface area contributed by atoms with E-state index in [0.717, 1.165) is 19.7 Å². The van der Waals surface area contributed by atoms with Crippen molar-refractivity contribution >= 4 is 5.91 Å². The van der Waals surface area contributed by atoms with Gasteiger partial charge in [-0.25, -0.2) is 0 Å². The largest absolute Gasteiger partial charge is 0.384 e. The van der Waals surface area contributed by atoms with Crippen molar-refractivity contribution in [2.24, 2.45) is 17.6 Å². The van der Waals surface area contributed by atoms with E-state index in [9.17, 15) is 4.79 Å². The number of hydrogen-bond acceptors (Lipinski definition) is 3. The van der Waals surface area contributed by atoms with Gasteiger partial charge in [0.25, 0.3) is 0 Å². The molecule has 0 saturated carbocycles. The second kappa shape index (κ2) is 4.75. The number of methoxy groups -OCH3 is 1. The predicted molar refractivity (Wildman–Crippen MR) is 54.8 cm³/mol. The van der Waals surface area contributed by atoms with Crippen molar-refractivity contribution in [2.75, 3.05) is 26.8 Å². The fraction of sp³-hybridized carbons (Fsp3) is 0.900. The number of ether oxygens (including phenoxy) is 1. The first-order valence-electron chi connectivity index (χ1n) is 5.09. The first-order chi connectivity index (χ1) is 6.56. The van der Waals surface area contributed by atoms with Crippen LogP contribution >= 0.6 is 0 Å². The molecule has 2 N–H and O–H groups in total. The smallest absolute Gasteiger partial charge is 0.239 e. The zero-order chi connectivity index (χ0) is 10.7. The zero-order valence-corrected chi connectivity index (χ0v) is 9.19. The maximum absolute atomic E-state index is 11.6. The van der Waals surface area contributed by atoms with Crippen LogP contribution in [0.1, 0.15) is 13.8 Å². The summed E-state index contributed by atoms with van der Waals surface area (Å²) in [5.41, 5.74) is 5.56. The van der Waals surface area contributed by atoms with Gasteiger partial charge in [0.05, 0.1) is 12.6 Å². The fourth-order valence-corrected chi connectivity index (χ4v) is 1.93. The van der Waals surface area contributed by atoms with E-state index in [-0.39, 0.29) is 11.9 Å². The number of nitrogens with zero attached hydrogens (tertiary/aromatic N) is 1. The van der Waals surface area contributed by atoms with Gasteiger partial charge >= 0.3 is 0 Å². The Morgan fingerprint density at radius 2 is 2.29 bits per heavy atom. The van der Waals surface area contributed by atoms with Crippen molar-refractivity contribution < 1.29 is 9.53 Å². The lowest BCUT2D eigenvalue weighted by atomic mass is 10.00. The average molecular weight is 200 g/mol. The van der Waals surface area contributed by atoms with Gasteiger partial charge in [0.2, 0.25) is 5.91 Å². The minimum absolute atomic E-state index is 0.0513. The lowest BCUT2D eigenvalue weighted by Gasteiger charge is -2.18. The highest BCUT2D eigenvalue weighted by molar-refractivity contribution is 5.81. The van der Waals surface area contributed by atoms with Gasteiger partial charge in [-0.2, -0.15) is 0 Å². The second-order valence-corrected chi connectivity index (χ2v) is 4.22. The maximum Gasteiger partial charge on any atom is 0.239 e. The molecule has 1 amide bonds. The Kier molecular flexibility index (Phi) is 3.89. The summed E-state index contributed by atoms with van der Waals surface area (Å²) < 4.78 is 5.12. The van der Waals surface area contributed by atoms with Crippen molar-refractivity contribution in [2.45, 2.75) is 19.9 Å². The maximum atomic E-state index is 11.6. The summed E-state index contributed by atoms with van der Waals surface area (Å²) in [6.07, 6.45) is 0. The van der Waals surface area contributed by atoms with Gasteiger partial charge in [-0.3, -0.25) is 4.79 Å². The van der Waals surface area contributed by atoms with Gasteiger partial charge in [-0.05, 0) is 12.8 Å². The van der Waals surface area contributed by atoms with Crippen molar-refractivity contribution in [1.82, 2.24) is 4.90 Å². The highest BCUT2D eigenvalue weighted by Crippen LogP contribution is 2.23. The Morgan fingerprint density at radius 3 is 2.79 bits per heavy atom. The van der Waals surface area contributed by atoms with Crippen LogP contribution in [0, 0.1) is 11.8 Å². The van der Waals surface area contributed by atoms with Crippen LogP contribution in [0.15, 0.2) is 0 Å². The highest BCUT2D eigenvalue weighted by Gasteiger charge is 2.32. The van der Waals surface area contributed by atoms with Crippen LogP contribution in [0.3, 0.4) is 0 Å². The molecule has 1 heterocycles. The van der Waals surface area contributed by atoms with E-state index >= 15 is 0 Å². The molecule has 0 spiro atoms. The molecular formula is C10H20N2O2. The molecule has 0 aromatic heterocycles. The fourth-order valence-electron chi connectivity index (χ4n) is 1.93. The molecule has 14 heavy (non-hydrogen) atoms. The van der Waals surface area contributed by atoms with E-state index in [2.05, 4.69) is 6.92 Å². The molecule has 0 bridgehead atoms. The zero-order valence-electron chi connectivity index (χ0n) is 9.19. The standard InChI is InChI=1S/C10H20N2O2/c1-7-4-12(10(13)8(2)11)5-9(7)6-14-3/h7-9H,4-6,11H2,1-3H3/t7-,8-,9-/m0/s1. The molecule has 3 atom stereocenters. The quantitative estimate of drug-likeness (QED) is 0.701. The Labute approximate surface area is 85.4 Å². The molecule has 82 valence electrons. The first-order valence-corrected chi connectivity index (χ1v) is 5.09. The van der Waals surface area contributed by atoms with E-state index in [1.807, 2.05) is 4.90 Å². The van der Waals surface area contributed by atoms with Crippen LogP contribution in [0.4, 0.5) is 0 Å². The Hall–Kier alpha value is -0.610. The van der Waals surface area contributed by atoms with Gasteiger partial charge in [0.1, 0.15) is 0 Å². The molecule has 1 fully saturated rings. The van der Waals surface area contributed by atoms with Crippen LogP contribution < -0.4 is 5.73 Å². The lowest BCUT2D eigenvalue weighted by molar-refractivity contribution is -0.131. The van der Waals surface area contributed by atoms with Gasteiger partial charge < -0.3 is 15.4 Å². The molecule has 0 aromatic rings. The molecule has 1 rings (SSSR count). The van der Waals surface area contributed by atoms with Crippen molar-refractivity contribution in [1.29, 1.82) is 0 Å². The normalized spacial score (nSPS) is 29.3. The topological polar surface area (TPSA) is 55.6 Å². The molecule has 0 radical (unpaired) electrons. The van der Waals surface area contributed by atoms with E-state index < -0.39 is 0 Å². The summed E-state index contributed by atoms with van der Waals surface area (Å²) >= 11 is 0. The van der Waals surface area contributed by atoms with Crippen molar-refractivity contribution in [3.05, 3.63) is 0 Å². The number of carbonyl (C=O) groups is 1. The van der Waals surface area contributed by atoms with Crippen LogP contribution in [0.25, 0.3) is 0 Å². The van der Waals surface area contributed by atoms with Crippen molar-refractivity contribution in [3.63, 3.8) is 0 Å². The Balaban J connectivity index is 2.49. The molecule has 0 unspecified atom stereocenters. The molecule has 4 heteroatoms. The number of nitrogens with two attached hydrogens (primary N) is 1. The molecular weight excluding hydrogens is 180 g/mol. The lowest BCUT2D eigenvalue weighted by Crippen LogP contribution is -2.41. The predicted octanol–water partition coefficient (Wildman–Crippen LogP) is 0.0745. The number of carbonyl (C=O) groups excluding carboxylic acids is 1. The molecule has 1 aliphatic rings. The van der Waals surface area contributed by atoms with E-state index in [4.69, 9.17) is 10.5 Å². The molecule has 0 aliphatic carbocycles. The molecule has 0 aromatic carbocycles. The average Bonchev–Trinajstić information content (AvgIpc) is 2.47. The molecule has 1 saturated heterocycles. The summed E-state index contributed by atoms with van der Waals surface area (Å²) in [7, 11) is 1.70. The van der Waals surface area contributed by atoms with Gasteiger partial charge in [0.15, 0.2) is 0 Å². The van der Waals surface area contributed by atoms with E-state index in [1.54, 1.807) is 14.0 Å². The summed E-state index contributed by atoms with van der Waals surface area (Å²) in [5, 5.41) is 0. The van der Waals surface area contributed by atoms with Crippen molar-refractivity contribution in [3.8, 4) is 0 Å². The number of rotatable bonds is 3. The Morgan fingerprint density at radius 1 is 1.64 bits per heavy atom. The third kappa shape index (κ3) is 2.45. The highest BCUT2D eigenvalue weighted by atomic mass is 16.5. The Bertz CT molecular complexity index is 206. The third-order valence-electron chi connectivity index (χ3n) is 2.85. The monoisotopic (exact) mass is 200 g/mol. The number of amides is 1. The van der Waals surface area contributed by atoms with E-state index in [1.165, 1.54) is 0 Å². The third-order valence-corrected chi connectivity index (χ3v) is 2.85.